The van der Waals surface area contributed by atoms with Gasteiger partial charge in [-0.2, -0.15) is 28.1 Å². The van der Waals surface area contributed by atoms with E-state index in [1.54, 1.807) is 36.4 Å². The molecule has 244 valence electrons. The molecule has 16 heteroatoms. The number of oxazole rings is 2. The number of rotatable bonds is 8. The van der Waals surface area contributed by atoms with Crippen LogP contribution >= 0.6 is 43.5 Å². The van der Waals surface area contributed by atoms with Crippen LogP contribution in [0.2, 0.25) is 0 Å². The largest absolute Gasteiger partial charge is 0.436 e. The van der Waals surface area contributed by atoms with Gasteiger partial charge in [0.1, 0.15) is 34.7 Å². The molecular weight excluding hydrogens is 792 g/mol. The van der Waals surface area contributed by atoms with Gasteiger partial charge in [0.2, 0.25) is 11.8 Å². The second-order valence-corrected chi connectivity index (χ2v) is 11.5. The molecule has 0 atom stereocenters. The lowest BCUT2D eigenvalue weighted by atomic mass is 10.1. The van der Waals surface area contributed by atoms with E-state index in [9.17, 15) is 33.2 Å². The maximum absolute atomic E-state index is 12.5. The number of aliphatic hydroxyl groups is 1. The van der Waals surface area contributed by atoms with Crippen molar-refractivity contribution in [2.45, 2.75) is 25.7 Å². The van der Waals surface area contributed by atoms with Gasteiger partial charge >= 0.3 is 13.2 Å². The predicted molar refractivity (Wildman–Crippen MR) is 172 cm³/mol. The quantitative estimate of drug-likeness (QED) is 0.118. The topological polar surface area (TPSA) is 138 Å². The molecule has 0 aliphatic rings. The van der Waals surface area contributed by atoms with Gasteiger partial charge in [-0.3, -0.25) is 0 Å². The minimum atomic E-state index is -3.02. The van der Waals surface area contributed by atoms with Crippen LogP contribution in [0.1, 0.15) is 22.3 Å². The molecular formula is C32H17Br2ClF4N4O5. The van der Waals surface area contributed by atoms with E-state index in [0.717, 1.165) is 0 Å². The number of nitrogens with zero attached hydrogens (tertiary/aromatic N) is 4. The number of benzene rings is 4. The molecule has 2 aromatic heterocycles. The van der Waals surface area contributed by atoms with Gasteiger partial charge < -0.3 is 23.4 Å². The fourth-order valence-corrected chi connectivity index (χ4v) is 5.62. The number of fused-ring (bicyclic) bond motifs is 2. The molecule has 0 fully saturated rings. The summed E-state index contributed by atoms with van der Waals surface area (Å²) < 4.78 is 71.1. The van der Waals surface area contributed by atoms with Crippen molar-refractivity contribution in [2.75, 3.05) is 0 Å². The molecule has 6 aromatic rings. The Morgan fingerprint density at radius 1 is 0.750 bits per heavy atom. The Balaban J connectivity index is 0.000000188. The summed E-state index contributed by atoms with van der Waals surface area (Å²) in [7, 11) is 0. The highest BCUT2D eigenvalue weighted by molar-refractivity contribution is 9.10. The molecule has 0 spiro atoms. The van der Waals surface area contributed by atoms with Crippen molar-refractivity contribution in [1.29, 1.82) is 10.5 Å². The monoisotopic (exact) mass is 806 g/mol. The first-order valence-corrected chi connectivity index (χ1v) is 15.5. The third-order valence-electron chi connectivity index (χ3n) is 6.60. The Bertz CT molecular complexity index is 2060. The van der Waals surface area contributed by atoms with Gasteiger partial charge in [-0.05, 0) is 68.3 Å². The molecule has 9 nitrogen and oxygen atoms in total. The van der Waals surface area contributed by atoms with Crippen LogP contribution in [0.3, 0.4) is 0 Å². The molecule has 2 heterocycles. The van der Waals surface area contributed by atoms with Crippen LogP contribution in [0.5, 0.6) is 11.5 Å². The molecule has 0 bridgehead atoms. The minimum Gasteiger partial charge on any atom is -0.436 e. The Hall–Kier alpha value is -4.67. The molecule has 0 aliphatic carbocycles. The average Bonchev–Trinajstić information content (AvgIpc) is 3.66. The maximum Gasteiger partial charge on any atom is 0.387 e. The van der Waals surface area contributed by atoms with E-state index < -0.39 is 19.8 Å². The number of ether oxygens (including phenoxy) is 2. The van der Waals surface area contributed by atoms with Crippen molar-refractivity contribution in [3.05, 3.63) is 91.9 Å². The Morgan fingerprint density at radius 3 is 1.58 bits per heavy atom. The summed E-state index contributed by atoms with van der Waals surface area (Å²) in [6, 6.07) is 19.9. The van der Waals surface area contributed by atoms with Crippen LogP contribution in [0.4, 0.5) is 17.6 Å². The first-order valence-electron chi connectivity index (χ1n) is 13.4. The number of hydrogen-bond donors (Lipinski definition) is 1. The van der Waals surface area contributed by atoms with E-state index in [1.807, 2.05) is 0 Å². The van der Waals surface area contributed by atoms with E-state index >= 15 is 0 Å². The van der Waals surface area contributed by atoms with E-state index in [1.165, 1.54) is 24.3 Å². The molecule has 48 heavy (non-hydrogen) atoms. The summed E-state index contributed by atoms with van der Waals surface area (Å²) in [6.45, 7) is -6.48. The molecule has 0 amide bonds. The van der Waals surface area contributed by atoms with Crippen LogP contribution < -0.4 is 9.47 Å². The number of halogens is 7. The molecule has 0 aliphatic heterocycles. The highest BCUT2D eigenvalue weighted by Gasteiger charge is 2.19. The first kappa shape index (κ1) is 34.7. The summed E-state index contributed by atoms with van der Waals surface area (Å²) in [6.07, 6.45) is 0. The van der Waals surface area contributed by atoms with E-state index in [2.05, 4.69) is 63.4 Å². The van der Waals surface area contributed by atoms with Gasteiger partial charge in [-0.1, -0.05) is 12.1 Å². The average molecular weight is 809 g/mol. The SMILES string of the molecule is N#Cc1c(Br)cccc1-c1nc2cc(CCl)c(OC(F)F)cc2o1.N#Cc1c(Br)cccc1-c1nc2cc(CO)c(OC(F)F)cc2o1. The lowest BCUT2D eigenvalue weighted by Crippen LogP contribution is -2.04. The summed E-state index contributed by atoms with van der Waals surface area (Å²) in [5, 5.41) is 27.9. The highest BCUT2D eigenvalue weighted by atomic mass is 79.9. The number of aliphatic hydroxyl groups excluding tert-OH is 1. The number of alkyl halides is 5. The van der Waals surface area contributed by atoms with Crippen molar-refractivity contribution in [3.8, 4) is 46.5 Å². The summed E-state index contributed by atoms with van der Waals surface area (Å²) in [4.78, 5) is 8.59. The molecule has 0 unspecified atom stereocenters. The van der Waals surface area contributed by atoms with Gasteiger partial charge in [-0.25, -0.2) is 9.97 Å². The van der Waals surface area contributed by atoms with Crippen LogP contribution in [-0.2, 0) is 12.5 Å². The van der Waals surface area contributed by atoms with Gasteiger partial charge in [0.05, 0.1) is 34.7 Å². The summed E-state index contributed by atoms with van der Waals surface area (Å²) >= 11 is 12.4. The summed E-state index contributed by atoms with van der Waals surface area (Å²) in [5.41, 5.74) is 3.47. The second kappa shape index (κ2) is 15.0. The zero-order chi connectivity index (χ0) is 34.5. The fraction of sp³-hybridized carbons (Fsp3) is 0.125. The smallest absolute Gasteiger partial charge is 0.387 e. The lowest BCUT2D eigenvalue weighted by Gasteiger charge is -2.08. The van der Waals surface area contributed by atoms with Gasteiger partial charge in [0, 0.05) is 32.2 Å². The standard InChI is InChI=1S/C16H8BrClF2N2O2.C16H9BrF2N2O3/c17-11-3-1-2-9(10(11)7-21)15-22-12-4-8(6-18)13(24-16(19)20)5-14(12)23-15;17-11-3-1-2-9(10(11)6-20)15-21-12-4-8(7-22)13(24-16(18)19)5-14(12)23-15/h1-5,16H,6H2;1-5,16,22H,7H2. The molecule has 0 saturated carbocycles. The Morgan fingerprint density at radius 2 is 1.19 bits per heavy atom. The van der Waals surface area contributed by atoms with Crippen LogP contribution in [0, 0.1) is 22.7 Å². The molecule has 6 rings (SSSR count). The maximum atomic E-state index is 12.5. The first-order chi connectivity index (χ1) is 23.1. The number of nitriles is 2. The third kappa shape index (κ3) is 7.40. The zero-order valence-corrected chi connectivity index (χ0v) is 27.8. The minimum absolute atomic E-state index is 0.0134. The van der Waals surface area contributed by atoms with E-state index in [0.29, 0.717) is 47.8 Å². The number of aromatic nitrogens is 2. The van der Waals surface area contributed by atoms with Gasteiger partial charge in [0.15, 0.2) is 11.2 Å². The van der Waals surface area contributed by atoms with E-state index in [4.69, 9.17) is 20.4 Å². The van der Waals surface area contributed by atoms with Crippen LogP contribution in [-0.4, -0.2) is 28.3 Å². The van der Waals surface area contributed by atoms with E-state index in [-0.39, 0.29) is 45.9 Å². The van der Waals surface area contributed by atoms with Gasteiger partial charge in [0.25, 0.3) is 0 Å². The Labute approximate surface area is 290 Å². The van der Waals surface area contributed by atoms with Crippen molar-refractivity contribution in [1.82, 2.24) is 9.97 Å². The van der Waals surface area contributed by atoms with Crippen LogP contribution in [0.25, 0.3) is 45.1 Å². The highest BCUT2D eigenvalue weighted by Crippen LogP contribution is 2.35. The second-order valence-electron chi connectivity index (χ2n) is 9.49. The van der Waals surface area contributed by atoms with Crippen molar-refractivity contribution in [3.63, 3.8) is 0 Å². The lowest BCUT2D eigenvalue weighted by molar-refractivity contribution is -0.0513. The molecule has 1 N–H and O–H groups in total. The van der Waals surface area contributed by atoms with Gasteiger partial charge in [-0.15, -0.1) is 11.6 Å². The number of hydrogen-bond acceptors (Lipinski definition) is 9. The zero-order valence-electron chi connectivity index (χ0n) is 23.9. The fourth-order valence-electron chi connectivity index (χ4n) is 4.50. The predicted octanol–water partition coefficient (Wildman–Crippen LogP) is 9.69. The van der Waals surface area contributed by atoms with Crippen molar-refractivity contribution >= 4 is 65.7 Å². The van der Waals surface area contributed by atoms with Crippen molar-refractivity contribution < 1.29 is 41.0 Å². The molecule has 0 radical (unpaired) electrons. The Kier molecular flexibility index (Phi) is 10.9. The molecule has 4 aromatic carbocycles. The van der Waals surface area contributed by atoms with Crippen molar-refractivity contribution in [2.24, 2.45) is 0 Å². The van der Waals surface area contributed by atoms with Crippen LogP contribution in [0.15, 0.2) is 78.4 Å². The normalized spacial score (nSPS) is 11.0. The summed E-state index contributed by atoms with van der Waals surface area (Å²) in [5.74, 6) is 0.112. The third-order valence-corrected chi connectivity index (χ3v) is 8.21. The molecule has 0 saturated heterocycles.